The molecular weight excluding hydrogens is 240 g/mol. The molecule has 2 rings (SSSR count). The molecule has 0 bridgehead atoms. The van der Waals surface area contributed by atoms with Gasteiger partial charge in [-0.25, -0.2) is 0 Å². The molecule has 0 spiro atoms. The summed E-state index contributed by atoms with van der Waals surface area (Å²) >= 11 is 0. The van der Waals surface area contributed by atoms with E-state index in [4.69, 9.17) is 5.73 Å². The fourth-order valence-electron chi connectivity index (χ4n) is 2.49. The van der Waals surface area contributed by atoms with Gasteiger partial charge in [0.1, 0.15) is 0 Å². The number of hydrogen-bond donors (Lipinski definition) is 2. The highest BCUT2D eigenvalue weighted by Crippen LogP contribution is 2.10. The summed E-state index contributed by atoms with van der Waals surface area (Å²) in [4.78, 5) is 18.4. The van der Waals surface area contributed by atoms with E-state index < -0.39 is 0 Å². The fraction of sp³-hybridized carbons (Fsp3) is 0.571. The smallest absolute Gasteiger partial charge is 0.253 e. The zero-order chi connectivity index (χ0) is 13.7. The number of aromatic nitrogens is 1. The van der Waals surface area contributed by atoms with Crippen LogP contribution in [0.5, 0.6) is 0 Å². The molecular formula is C14H22N4O. The number of nitrogens with zero attached hydrogens (tertiary/aromatic N) is 2. The number of rotatable bonds is 4. The van der Waals surface area contributed by atoms with Crippen LogP contribution in [-0.4, -0.2) is 41.5 Å². The number of likely N-dealkylation sites (tertiary alicyclic amines) is 1. The summed E-state index contributed by atoms with van der Waals surface area (Å²) in [6.07, 6.45) is 6.94. The van der Waals surface area contributed by atoms with Crippen LogP contribution in [0, 0.1) is 0 Å². The molecule has 1 aliphatic rings. The molecule has 0 radical (unpaired) electrons. The summed E-state index contributed by atoms with van der Waals surface area (Å²) in [7, 11) is 0. The Kier molecular flexibility index (Phi) is 4.74. The van der Waals surface area contributed by atoms with Gasteiger partial charge in [-0.1, -0.05) is 6.42 Å². The number of hydrogen-bond acceptors (Lipinski definition) is 4. The third-order valence-corrected chi connectivity index (χ3v) is 3.45. The first kappa shape index (κ1) is 13.8. The number of carbonyl (C=O) groups excluding carboxylic acids is 1. The fourth-order valence-corrected chi connectivity index (χ4v) is 2.49. The number of pyridine rings is 1. The van der Waals surface area contributed by atoms with E-state index in [1.165, 1.54) is 25.5 Å². The van der Waals surface area contributed by atoms with Gasteiger partial charge < -0.3 is 16.0 Å². The molecule has 1 aromatic heterocycles. The third kappa shape index (κ3) is 3.92. The first-order valence-electron chi connectivity index (χ1n) is 6.89. The predicted molar refractivity (Wildman–Crippen MR) is 75.9 cm³/mol. The molecule has 1 atom stereocenters. The van der Waals surface area contributed by atoms with E-state index in [0.29, 0.717) is 11.3 Å². The minimum atomic E-state index is -0.121. The molecule has 1 amide bonds. The van der Waals surface area contributed by atoms with Crippen molar-refractivity contribution in [2.24, 2.45) is 0 Å². The molecule has 5 nitrogen and oxygen atoms in total. The van der Waals surface area contributed by atoms with Gasteiger partial charge in [0.2, 0.25) is 0 Å². The molecule has 104 valence electrons. The van der Waals surface area contributed by atoms with Crippen LogP contribution in [0.3, 0.4) is 0 Å². The number of piperidine rings is 1. The maximum absolute atomic E-state index is 12.1. The number of nitrogen functional groups attached to an aromatic ring is 1. The largest absolute Gasteiger partial charge is 0.397 e. The highest BCUT2D eigenvalue weighted by Gasteiger charge is 2.16. The van der Waals surface area contributed by atoms with Crippen molar-refractivity contribution in [3.63, 3.8) is 0 Å². The minimum Gasteiger partial charge on any atom is -0.397 e. The van der Waals surface area contributed by atoms with E-state index in [1.54, 1.807) is 12.3 Å². The van der Waals surface area contributed by atoms with Crippen molar-refractivity contribution in [1.29, 1.82) is 0 Å². The number of nitrogens with one attached hydrogen (secondary N) is 1. The maximum atomic E-state index is 12.1. The SMILES string of the molecule is CC(CN1CCCCC1)NC(=O)c1ccncc1N. The first-order valence-corrected chi connectivity index (χ1v) is 6.89. The van der Waals surface area contributed by atoms with Crippen LogP contribution < -0.4 is 11.1 Å². The van der Waals surface area contributed by atoms with Crippen molar-refractivity contribution in [2.45, 2.75) is 32.2 Å². The molecule has 0 saturated carbocycles. The summed E-state index contributed by atoms with van der Waals surface area (Å²) in [6.45, 7) is 5.20. The number of amides is 1. The van der Waals surface area contributed by atoms with E-state index in [1.807, 2.05) is 6.92 Å². The lowest BCUT2D eigenvalue weighted by molar-refractivity contribution is 0.0926. The van der Waals surface area contributed by atoms with Crippen LogP contribution in [0.4, 0.5) is 5.69 Å². The van der Waals surface area contributed by atoms with Crippen LogP contribution in [0.1, 0.15) is 36.5 Å². The van der Waals surface area contributed by atoms with E-state index in [2.05, 4.69) is 15.2 Å². The highest BCUT2D eigenvalue weighted by atomic mass is 16.1. The second-order valence-electron chi connectivity index (χ2n) is 5.20. The van der Waals surface area contributed by atoms with Crippen molar-refractivity contribution in [3.05, 3.63) is 24.0 Å². The van der Waals surface area contributed by atoms with Gasteiger partial charge in [0.05, 0.1) is 17.4 Å². The predicted octanol–water partition coefficient (Wildman–Crippen LogP) is 1.27. The van der Waals surface area contributed by atoms with Crippen LogP contribution >= 0.6 is 0 Å². The molecule has 5 heteroatoms. The van der Waals surface area contributed by atoms with Crippen LogP contribution in [-0.2, 0) is 0 Å². The van der Waals surface area contributed by atoms with Gasteiger partial charge in [0, 0.05) is 18.8 Å². The Bertz CT molecular complexity index is 429. The average Bonchev–Trinajstić information content (AvgIpc) is 2.40. The van der Waals surface area contributed by atoms with Crippen LogP contribution in [0.15, 0.2) is 18.5 Å². The molecule has 1 aliphatic heterocycles. The van der Waals surface area contributed by atoms with Gasteiger partial charge in [-0.2, -0.15) is 0 Å². The van der Waals surface area contributed by atoms with Gasteiger partial charge in [0.15, 0.2) is 0 Å². The molecule has 1 aromatic rings. The molecule has 3 N–H and O–H groups in total. The van der Waals surface area contributed by atoms with E-state index in [-0.39, 0.29) is 11.9 Å². The lowest BCUT2D eigenvalue weighted by Crippen LogP contribution is -2.43. The Morgan fingerprint density at radius 2 is 2.21 bits per heavy atom. The summed E-state index contributed by atoms with van der Waals surface area (Å²) in [5.74, 6) is -0.121. The molecule has 1 fully saturated rings. The van der Waals surface area contributed by atoms with Gasteiger partial charge in [0.25, 0.3) is 5.91 Å². The van der Waals surface area contributed by atoms with Crippen molar-refractivity contribution in [2.75, 3.05) is 25.4 Å². The lowest BCUT2D eigenvalue weighted by atomic mass is 10.1. The number of nitrogens with two attached hydrogens (primary N) is 1. The van der Waals surface area contributed by atoms with E-state index >= 15 is 0 Å². The van der Waals surface area contributed by atoms with Gasteiger partial charge in [-0.3, -0.25) is 9.78 Å². The van der Waals surface area contributed by atoms with Crippen molar-refractivity contribution in [3.8, 4) is 0 Å². The summed E-state index contributed by atoms with van der Waals surface area (Å²) < 4.78 is 0. The number of carbonyl (C=O) groups is 1. The lowest BCUT2D eigenvalue weighted by Gasteiger charge is -2.29. The topological polar surface area (TPSA) is 71.2 Å². The molecule has 0 aliphatic carbocycles. The molecule has 0 aromatic carbocycles. The maximum Gasteiger partial charge on any atom is 0.253 e. The second-order valence-corrected chi connectivity index (χ2v) is 5.20. The van der Waals surface area contributed by atoms with E-state index in [0.717, 1.165) is 19.6 Å². The zero-order valence-electron chi connectivity index (χ0n) is 11.4. The summed E-state index contributed by atoms with van der Waals surface area (Å²) in [6, 6.07) is 1.77. The molecule has 1 unspecified atom stereocenters. The van der Waals surface area contributed by atoms with Crippen molar-refractivity contribution >= 4 is 11.6 Å². The molecule has 19 heavy (non-hydrogen) atoms. The summed E-state index contributed by atoms with van der Waals surface area (Å²) in [5.41, 5.74) is 6.67. The standard InChI is InChI=1S/C14H22N4O/c1-11(10-18-7-3-2-4-8-18)17-14(19)12-5-6-16-9-13(12)15/h5-6,9,11H,2-4,7-8,10,15H2,1H3,(H,17,19). The third-order valence-electron chi connectivity index (χ3n) is 3.45. The van der Waals surface area contributed by atoms with Gasteiger partial charge in [-0.15, -0.1) is 0 Å². The van der Waals surface area contributed by atoms with Crippen LogP contribution in [0.2, 0.25) is 0 Å². The van der Waals surface area contributed by atoms with Crippen molar-refractivity contribution < 1.29 is 4.79 Å². The Morgan fingerprint density at radius 1 is 1.47 bits per heavy atom. The Hall–Kier alpha value is -1.62. The average molecular weight is 262 g/mol. The monoisotopic (exact) mass is 262 g/mol. The Morgan fingerprint density at radius 3 is 2.89 bits per heavy atom. The highest BCUT2D eigenvalue weighted by molar-refractivity contribution is 5.98. The zero-order valence-corrected chi connectivity index (χ0v) is 11.4. The van der Waals surface area contributed by atoms with Gasteiger partial charge >= 0.3 is 0 Å². The number of anilines is 1. The van der Waals surface area contributed by atoms with Crippen molar-refractivity contribution in [1.82, 2.24) is 15.2 Å². The van der Waals surface area contributed by atoms with Crippen LogP contribution in [0.25, 0.3) is 0 Å². The minimum absolute atomic E-state index is 0.121. The first-order chi connectivity index (χ1) is 9.16. The Labute approximate surface area is 114 Å². The summed E-state index contributed by atoms with van der Waals surface area (Å²) in [5, 5.41) is 3.00. The second kappa shape index (κ2) is 6.52. The Balaban J connectivity index is 1.86. The normalized spacial score (nSPS) is 17.9. The quantitative estimate of drug-likeness (QED) is 0.857. The van der Waals surface area contributed by atoms with Gasteiger partial charge in [-0.05, 0) is 38.9 Å². The van der Waals surface area contributed by atoms with E-state index in [9.17, 15) is 4.79 Å². The molecule has 1 saturated heterocycles. The molecule has 2 heterocycles.